The minimum Gasteiger partial charge on any atom is -0.399 e. The van der Waals surface area contributed by atoms with Gasteiger partial charge in [-0.3, -0.25) is 4.79 Å². The first-order valence-corrected chi connectivity index (χ1v) is 7.66. The quantitative estimate of drug-likeness (QED) is 0.856. The molecule has 0 aromatic heterocycles. The van der Waals surface area contributed by atoms with E-state index in [0.717, 1.165) is 29.9 Å². The van der Waals surface area contributed by atoms with Gasteiger partial charge in [0.1, 0.15) is 0 Å². The van der Waals surface area contributed by atoms with Crippen LogP contribution in [0.3, 0.4) is 0 Å². The molecule has 3 nitrogen and oxygen atoms in total. The zero-order valence-corrected chi connectivity index (χ0v) is 12.9. The summed E-state index contributed by atoms with van der Waals surface area (Å²) >= 11 is 0. The van der Waals surface area contributed by atoms with Crippen LogP contribution < -0.4 is 5.73 Å². The van der Waals surface area contributed by atoms with Gasteiger partial charge in [0.15, 0.2) is 0 Å². The van der Waals surface area contributed by atoms with Crippen molar-refractivity contribution in [2.45, 2.75) is 52.0 Å². The van der Waals surface area contributed by atoms with E-state index >= 15 is 0 Å². The number of amides is 1. The molecule has 0 radical (unpaired) electrons. The molecule has 110 valence electrons. The normalized spacial score (nSPS) is 22.6. The van der Waals surface area contributed by atoms with E-state index in [1.54, 1.807) is 6.07 Å². The molecule has 2 N–H and O–H groups in total. The lowest BCUT2D eigenvalue weighted by molar-refractivity contribution is 0.0674. The number of carbonyl (C=O) groups excluding carboxylic acids is 1. The van der Waals surface area contributed by atoms with Crippen LogP contribution in [0.4, 0.5) is 5.69 Å². The first kappa shape index (κ1) is 14.9. The van der Waals surface area contributed by atoms with Crippen LogP contribution in [0, 0.1) is 12.8 Å². The second-order valence-corrected chi connectivity index (χ2v) is 6.07. The third kappa shape index (κ3) is 3.14. The summed E-state index contributed by atoms with van der Waals surface area (Å²) in [6.45, 7) is 4.23. The molecule has 1 aromatic rings. The molecule has 0 unspecified atom stereocenters. The molecule has 0 bridgehead atoms. The smallest absolute Gasteiger partial charge is 0.254 e. The maximum Gasteiger partial charge on any atom is 0.254 e. The molecule has 0 heterocycles. The second kappa shape index (κ2) is 6.29. The summed E-state index contributed by atoms with van der Waals surface area (Å²) in [4.78, 5) is 14.6. The van der Waals surface area contributed by atoms with Crippen LogP contribution in [-0.2, 0) is 0 Å². The largest absolute Gasteiger partial charge is 0.399 e. The Labute approximate surface area is 122 Å². The molecule has 1 aliphatic rings. The highest BCUT2D eigenvalue weighted by Gasteiger charge is 2.26. The molecule has 1 saturated carbocycles. The highest BCUT2D eigenvalue weighted by molar-refractivity contribution is 5.96. The average Bonchev–Trinajstić information content (AvgIpc) is 2.48. The van der Waals surface area contributed by atoms with Crippen molar-refractivity contribution in [3.63, 3.8) is 0 Å². The molecule has 0 spiro atoms. The topological polar surface area (TPSA) is 46.3 Å². The highest BCUT2D eigenvalue weighted by atomic mass is 16.2. The fourth-order valence-electron chi connectivity index (χ4n) is 3.17. The third-order valence-corrected chi connectivity index (χ3v) is 4.75. The van der Waals surface area contributed by atoms with E-state index in [9.17, 15) is 4.79 Å². The van der Waals surface area contributed by atoms with Gasteiger partial charge in [0.05, 0.1) is 0 Å². The van der Waals surface area contributed by atoms with Crippen LogP contribution in [0.25, 0.3) is 0 Å². The number of anilines is 1. The lowest BCUT2D eigenvalue weighted by Crippen LogP contribution is -2.39. The van der Waals surface area contributed by atoms with Crippen molar-refractivity contribution in [1.82, 2.24) is 4.90 Å². The maximum atomic E-state index is 12.6. The van der Waals surface area contributed by atoms with Crippen LogP contribution in [0.15, 0.2) is 18.2 Å². The number of hydrogen-bond donors (Lipinski definition) is 1. The summed E-state index contributed by atoms with van der Waals surface area (Å²) in [6, 6.07) is 5.94. The molecule has 1 aliphatic carbocycles. The van der Waals surface area contributed by atoms with Crippen molar-refractivity contribution in [3.8, 4) is 0 Å². The zero-order valence-electron chi connectivity index (χ0n) is 12.9. The number of nitrogens with zero attached hydrogens (tertiary/aromatic N) is 1. The Bertz CT molecular complexity index is 476. The van der Waals surface area contributed by atoms with Crippen LogP contribution in [-0.4, -0.2) is 23.9 Å². The Kier molecular flexibility index (Phi) is 4.69. The minimum atomic E-state index is 0.106. The molecule has 3 heteroatoms. The highest BCUT2D eigenvalue weighted by Crippen LogP contribution is 2.29. The Morgan fingerprint density at radius 1 is 1.30 bits per heavy atom. The van der Waals surface area contributed by atoms with Crippen LogP contribution >= 0.6 is 0 Å². The Balaban J connectivity index is 2.07. The van der Waals surface area contributed by atoms with Crippen molar-refractivity contribution in [2.24, 2.45) is 5.92 Å². The summed E-state index contributed by atoms with van der Waals surface area (Å²) in [5.41, 5.74) is 8.20. The first-order chi connectivity index (χ1) is 9.52. The van der Waals surface area contributed by atoms with E-state index in [-0.39, 0.29) is 5.91 Å². The molecular formula is C17H26N2O. The molecule has 2 rings (SSSR count). The monoisotopic (exact) mass is 274 g/mol. The van der Waals surface area contributed by atoms with Gasteiger partial charge in [0.2, 0.25) is 0 Å². The number of carbonyl (C=O) groups is 1. The fourth-order valence-corrected chi connectivity index (χ4v) is 3.17. The predicted octanol–water partition coefficient (Wildman–Crippen LogP) is 3.62. The van der Waals surface area contributed by atoms with Crippen molar-refractivity contribution in [2.75, 3.05) is 12.8 Å². The molecule has 1 amide bonds. The number of hydrogen-bond acceptors (Lipinski definition) is 2. The van der Waals surface area contributed by atoms with Gasteiger partial charge in [-0.25, -0.2) is 0 Å². The van der Waals surface area contributed by atoms with Crippen LogP contribution in [0.5, 0.6) is 0 Å². The minimum absolute atomic E-state index is 0.106. The molecule has 1 aromatic carbocycles. The van der Waals surface area contributed by atoms with E-state index in [0.29, 0.717) is 11.7 Å². The molecular weight excluding hydrogens is 248 g/mol. The standard InChI is InChI=1S/C17H26N2O/c1-4-13-6-9-15(10-7-13)19(3)17(20)16-11-14(18)8-5-12(16)2/h5,8,11,13,15H,4,6-7,9-10,18H2,1-3H3. The number of rotatable bonds is 3. The number of nitrogen functional groups attached to an aromatic ring is 1. The fraction of sp³-hybridized carbons (Fsp3) is 0.588. The van der Waals surface area contributed by atoms with Crippen molar-refractivity contribution in [3.05, 3.63) is 29.3 Å². The van der Waals surface area contributed by atoms with E-state index in [1.807, 2.05) is 31.0 Å². The maximum absolute atomic E-state index is 12.6. The Morgan fingerprint density at radius 3 is 2.55 bits per heavy atom. The van der Waals surface area contributed by atoms with Gasteiger partial charge in [-0.1, -0.05) is 19.4 Å². The lowest BCUT2D eigenvalue weighted by Gasteiger charge is -2.34. The van der Waals surface area contributed by atoms with E-state index in [2.05, 4.69) is 6.92 Å². The van der Waals surface area contributed by atoms with Gasteiger partial charge in [-0.05, 0) is 56.2 Å². The average molecular weight is 274 g/mol. The van der Waals surface area contributed by atoms with Crippen molar-refractivity contribution in [1.29, 1.82) is 0 Å². The Hall–Kier alpha value is -1.51. The van der Waals surface area contributed by atoms with Gasteiger partial charge < -0.3 is 10.6 Å². The summed E-state index contributed by atoms with van der Waals surface area (Å²) in [5.74, 6) is 0.957. The predicted molar refractivity (Wildman–Crippen MR) is 83.7 cm³/mol. The molecule has 0 atom stereocenters. The van der Waals surface area contributed by atoms with Gasteiger partial charge in [-0.15, -0.1) is 0 Å². The SMILES string of the molecule is CCC1CCC(N(C)C(=O)c2cc(N)ccc2C)CC1. The van der Waals surface area contributed by atoms with Gasteiger partial charge >= 0.3 is 0 Å². The number of benzene rings is 1. The number of aryl methyl sites for hydroxylation is 1. The summed E-state index contributed by atoms with van der Waals surface area (Å²) in [7, 11) is 1.93. The molecule has 1 fully saturated rings. The summed E-state index contributed by atoms with van der Waals surface area (Å²) in [5, 5.41) is 0. The molecule has 0 aliphatic heterocycles. The lowest BCUT2D eigenvalue weighted by atomic mass is 9.84. The zero-order chi connectivity index (χ0) is 14.7. The Morgan fingerprint density at radius 2 is 1.95 bits per heavy atom. The second-order valence-electron chi connectivity index (χ2n) is 6.07. The van der Waals surface area contributed by atoms with E-state index in [4.69, 9.17) is 5.73 Å². The first-order valence-electron chi connectivity index (χ1n) is 7.66. The summed E-state index contributed by atoms with van der Waals surface area (Å²) < 4.78 is 0. The molecule has 0 saturated heterocycles. The van der Waals surface area contributed by atoms with Crippen molar-refractivity contribution >= 4 is 11.6 Å². The van der Waals surface area contributed by atoms with E-state index in [1.165, 1.54) is 19.3 Å². The van der Waals surface area contributed by atoms with Gasteiger partial charge in [-0.2, -0.15) is 0 Å². The van der Waals surface area contributed by atoms with Gasteiger partial charge in [0.25, 0.3) is 5.91 Å². The number of nitrogens with two attached hydrogens (primary N) is 1. The van der Waals surface area contributed by atoms with Crippen LogP contribution in [0.2, 0.25) is 0 Å². The third-order valence-electron chi connectivity index (χ3n) is 4.75. The van der Waals surface area contributed by atoms with Crippen LogP contribution in [0.1, 0.15) is 54.9 Å². The van der Waals surface area contributed by atoms with E-state index < -0.39 is 0 Å². The van der Waals surface area contributed by atoms with Gasteiger partial charge in [0, 0.05) is 24.3 Å². The summed E-state index contributed by atoms with van der Waals surface area (Å²) in [6.07, 6.45) is 6.01. The molecule has 20 heavy (non-hydrogen) atoms. The van der Waals surface area contributed by atoms with Crippen molar-refractivity contribution < 1.29 is 4.79 Å².